The Morgan fingerprint density at radius 3 is 2.25 bits per heavy atom. The predicted molar refractivity (Wildman–Crippen MR) is 115 cm³/mol. The van der Waals surface area contributed by atoms with Crippen LogP contribution in [-0.4, -0.2) is 17.9 Å². The quantitative estimate of drug-likeness (QED) is 0.693. The molecule has 0 amide bonds. The van der Waals surface area contributed by atoms with Gasteiger partial charge in [-0.3, -0.25) is 9.59 Å². The molecule has 1 N–H and O–H groups in total. The van der Waals surface area contributed by atoms with Gasteiger partial charge in [0.25, 0.3) is 5.56 Å². The van der Waals surface area contributed by atoms with Crippen LogP contribution in [0.25, 0.3) is 12.2 Å². The maximum atomic E-state index is 12.5. The Bertz CT molecular complexity index is 1140. The second-order valence-corrected chi connectivity index (χ2v) is 8.62. The van der Waals surface area contributed by atoms with Crippen molar-refractivity contribution in [2.24, 2.45) is 0 Å². The number of benzene rings is 2. The van der Waals surface area contributed by atoms with E-state index in [1.807, 2.05) is 48.5 Å². The van der Waals surface area contributed by atoms with Crippen LogP contribution in [0.4, 0.5) is 0 Å². The van der Waals surface area contributed by atoms with Gasteiger partial charge in [-0.25, -0.2) is 0 Å². The van der Waals surface area contributed by atoms with E-state index < -0.39 is 0 Å². The van der Waals surface area contributed by atoms with E-state index in [4.69, 9.17) is 4.74 Å². The number of thiazole rings is 1. The zero-order valence-electron chi connectivity index (χ0n) is 16.4. The number of hydrogen-bond acceptors (Lipinski definition) is 4. The summed E-state index contributed by atoms with van der Waals surface area (Å²) in [4.78, 5) is 27.5. The van der Waals surface area contributed by atoms with Crippen LogP contribution in [0.3, 0.4) is 0 Å². The van der Waals surface area contributed by atoms with E-state index in [9.17, 15) is 9.59 Å². The van der Waals surface area contributed by atoms with Gasteiger partial charge in [-0.2, -0.15) is 0 Å². The van der Waals surface area contributed by atoms with Crippen LogP contribution in [0.15, 0.2) is 53.3 Å². The third-order valence-corrected chi connectivity index (χ3v) is 5.35. The van der Waals surface area contributed by atoms with Crippen molar-refractivity contribution in [3.63, 3.8) is 0 Å². The van der Waals surface area contributed by atoms with Crippen LogP contribution in [0.2, 0.25) is 0 Å². The zero-order valence-corrected chi connectivity index (χ0v) is 17.2. The second kappa shape index (κ2) is 7.98. The fourth-order valence-electron chi connectivity index (χ4n) is 2.71. The topological polar surface area (TPSA) is 59.2 Å². The molecule has 3 rings (SSSR count). The summed E-state index contributed by atoms with van der Waals surface area (Å²) in [5.74, 6) is 0.628. The Balaban J connectivity index is 1.89. The molecule has 0 unspecified atom stereocenters. The van der Waals surface area contributed by atoms with Crippen molar-refractivity contribution in [1.82, 2.24) is 4.98 Å². The van der Waals surface area contributed by atoms with Crippen molar-refractivity contribution in [1.29, 1.82) is 0 Å². The van der Waals surface area contributed by atoms with Gasteiger partial charge in [-0.15, -0.1) is 11.3 Å². The van der Waals surface area contributed by atoms with Crippen LogP contribution in [-0.2, 0) is 5.41 Å². The molecule has 1 heterocycles. The standard InChI is InChI=1S/C23H23NO3S/c1-23(2,3)17-9-7-16(8-10-17)19(25)14-21-24-22(26)20(28-21)13-15-5-11-18(27-4)12-6-15/h5-14H,1-4H3,(H,24,26)/b20-13-,21-14-. The number of aromatic amines is 1. The van der Waals surface area contributed by atoms with E-state index >= 15 is 0 Å². The number of ketones is 1. The number of ether oxygens (including phenoxy) is 1. The number of carbonyl (C=O) groups is 1. The molecule has 2 aromatic carbocycles. The van der Waals surface area contributed by atoms with Crippen molar-refractivity contribution in [2.45, 2.75) is 26.2 Å². The Hall–Kier alpha value is -2.92. The van der Waals surface area contributed by atoms with Gasteiger partial charge in [0.05, 0.1) is 16.3 Å². The average Bonchev–Trinajstić information content (AvgIpc) is 3.00. The molecule has 0 aliphatic carbocycles. The molecule has 0 bridgehead atoms. The number of nitrogens with one attached hydrogen (secondary N) is 1. The first kappa shape index (κ1) is 19.8. The summed E-state index contributed by atoms with van der Waals surface area (Å²) in [6, 6.07) is 15.0. The summed E-state index contributed by atoms with van der Waals surface area (Å²) in [5, 5.41) is 0. The maximum absolute atomic E-state index is 12.5. The number of H-pyrrole nitrogens is 1. The molecule has 0 aliphatic rings. The third-order valence-electron chi connectivity index (χ3n) is 4.39. The molecule has 0 saturated carbocycles. The molecular formula is C23H23NO3S. The molecule has 0 radical (unpaired) electrons. The number of Topliss-reactive ketones (excluding diaryl/α,β-unsaturated/α-hetero) is 1. The maximum Gasteiger partial charge on any atom is 0.266 e. The summed E-state index contributed by atoms with van der Waals surface area (Å²) in [6.45, 7) is 6.40. The monoisotopic (exact) mass is 393 g/mol. The van der Waals surface area contributed by atoms with Crippen molar-refractivity contribution in [3.05, 3.63) is 84.8 Å². The van der Waals surface area contributed by atoms with E-state index in [-0.39, 0.29) is 16.8 Å². The molecule has 4 nitrogen and oxygen atoms in total. The number of aromatic nitrogens is 1. The minimum absolute atomic E-state index is 0.0382. The molecule has 0 atom stereocenters. The average molecular weight is 394 g/mol. The van der Waals surface area contributed by atoms with Crippen LogP contribution in [0.5, 0.6) is 5.75 Å². The number of carbonyl (C=O) groups excluding carboxylic acids is 1. The van der Waals surface area contributed by atoms with E-state index in [1.54, 1.807) is 13.2 Å². The lowest BCUT2D eigenvalue weighted by atomic mass is 9.86. The highest BCUT2D eigenvalue weighted by atomic mass is 32.1. The zero-order chi connectivity index (χ0) is 20.3. The molecule has 0 spiro atoms. The van der Waals surface area contributed by atoms with Gasteiger partial charge in [0.2, 0.25) is 0 Å². The number of methoxy groups -OCH3 is 1. The van der Waals surface area contributed by atoms with E-state index in [2.05, 4.69) is 25.8 Å². The summed E-state index contributed by atoms with van der Waals surface area (Å²) in [6.07, 6.45) is 3.27. The molecule has 144 valence electrons. The minimum atomic E-state index is -0.206. The largest absolute Gasteiger partial charge is 0.497 e. The number of rotatable bonds is 4. The Morgan fingerprint density at radius 1 is 1.04 bits per heavy atom. The second-order valence-electron chi connectivity index (χ2n) is 7.54. The highest BCUT2D eigenvalue weighted by Crippen LogP contribution is 2.22. The lowest BCUT2D eigenvalue weighted by Crippen LogP contribution is -2.20. The van der Waals surface area contributed by atoms with Gasteiger partial charge in [-0.1, -0.05) is 57.2 Å². The van der Waals surface area contributed by atoms with E-state index in [1.165, 1.54) is 23.0 Å². The fourth-order valence-corrected chi connectivity index (χ4v) is 3.60. The van der Waals surface area contributed by atoms with Crippen molar-refractivity contribution in [2.75, 3.05) is 7.11 Å². The van der Waals surface area contributed by atoms with Gasteiger partial charge in [0.15, 0.2) is 5.78 Å². The highest BCUT2D eigenvalue weighted by Gasteiger charge is 2.13. The molecule has 0 aliphatic heterocycles. The van der Waals surface area contributed by atoms with Gasteiger partial charge in [-0.05, 0) is 34.8 Å². The Morgan fingerprint density at radius 2 is 1.68 bits per heavy atom. The highest BCUT2D eigenvalue weighted by molar-refractivity contribution is 7.07. The van der Waals surface area contributed by atoms with Crippen LogP contribution in [0, 0.1) is 0 Å². The summed E-state index contributed by atoms with van der Waals surface area (Å²) in [5.41, 5.74) is 2.50. The summed E-state index contributed by atoms with van der Waals surface area (Å²) >= 11 is 1.26. The summed E-state index contributed by atoms with van der Waals surface area (Å²) in [7, 11) is 1.61. The molecule has 0 saturated heterocycles. The molecule has 5 heteroatoms. The van der Waals surface area contributed by atoms with Gasteiger partial charge in [0, 0.05) is 11.6 Å². The van der Waals surface area contributed by atoms with Gasteiger partial charge in [0.1, 0.15) is 5.75 Å². The normalized spacial score (nSPS) is 13.0. The SMILES string of the molecule is COc1ccc(/C=c2\s/c(=C\C(=O)c3ccc(C(C)(C)C)cc3)[nH]c2=O)cc1. The Kier molecular flexibility index (Phi) is 5.66. The predicted octanol–water partition coefficient (Wildman–Crippen LogP) is 3.23. The van der Waals surface area contributed by atoms with Crippen LogP contribution in [0.1, 0.15) is 42.3 Å². The van der Waals surface area contributed by atoms with Gasteiger partial charge >= 0.3 is 0 Å². The molecule has 0 fully saturated rings. The first-order valence-electron chi connectivity index (χ1n) is 8.98. The van der Waals surface area contributed by atoms with Crippen molar-refractivity contribution in [3.8, 4) is 5.75 Å². The lowest BCUT2D eigenvalue weighted by Gasteiger charge is -2.18. The number of hydrogen-bond donors (Lipinski definition) is 1. The smallest absolute Gasteiger partial charge is 0.266 e. The fraction of sp³-hybridized carbons (Fsp3) is 0.217. The first-order chi connectivity index (χ1) is 13.3. The summed E-state index contributed by atoms with van der Waals surface area (Å²) < 4.78 is 6.22. The van der Waals surface area contributed by atoms with E-state index in [0.717, 1.165) is 11.3 Å². The Labute approximate surface area is 167 Å². The van der Waals surface area contributed by atoms with Crippen LogP contribution >= 0.6 is 11.3 Å². The van der Waals surface area contributed by atoms with Crippen LogP contribution < -0.4 is 19.5 Å². The van der Waals surface area contributed by atoms with Crippen molar-refractivity contribution >= 4 is 29.3 Å². The lowest BCUT2D eigenvalue weighted by molar-refractivity contribution is 0.106. The minimum Gasteiger partial charge on any atom is -0.497 e. The third kappa shape index (κ3) is 4.67. The van der Waals surface area contributed by atoms with Gasteiger partial charge < -0.3 is 9.72 Å². The first-order valence-corrected chi connectivity index (χ1v) is 9.79. The van der Waals surface area contributed by atoms with E-state index in [0.29, 0.717) is 14.8 Å². The van der Waals surface area contributed by atoms with Crippen molar-refractivity contribution < 1.29 is 9.53 Å². The molecule has 28 heavy (non-hydrogen) atoms. The molecule has 3 aromatic rings. The molecular weight excluding hydrogens is 370 g/mol. The molecule has 1 aromatic heterocycles.